The molecular formula is C14H15BrN2O. The Balaban J connectivity index is 1.98. The third-order valence-corrected chi connectivity index (χ3v) is 3.22. The Hall–Kier alpha value is -1.39. The van der Waals surface area contributed by atoms with Crippen molar-refractivity contribution in [1.82, 2.24) is 4.98 Å². The van der Waals surface area contributed by atoms with Crippen molar-refractivity contribution in [3.05, 3.63) is 58.2 Å². The number of rotatable bonds is 4. The van der Waals surface area contributed by atoms with Crippen molar-refractivity contribution in [2.24, 2.45) is 0 Å². The number of nitrogens with one attached hydrogen (secondary N) is 1. The molecule has 1 aromatic heterocycles. The highest BCUT2D eigenvalue weighted by molar-refractivity contribution is 9.10. The Bertz CT molecular complexity index is 513. The number of aromatic nitrogens is 1. The summed E-state index contributed by atoms with van der Waals surface area (Å²) in [4.78, 5) is 4.20. The zero-order valence-electron chi connectivity index (χ0n) is 10.1. The van der Waals surface area contributed by atoms with Crippen LogP contribution in [0.3, 0.4) is 0 Å². The Labute approximate surface area is 115 Å². The van der Waals surface area contributed by atoms with E-state index >= 15 is 0 Å². The first-order chi connectivity index (χ1) is 8.66. The lowest BCUT2D eigenvalue weighted by Gasteiger charge is -2.14. The van der Waals surface area contributed by atoms with Gasteiger partial charge in [-0.3, -0.25) is 0 Å². The molecule has 1 unspecified atom stereocenters. The zero-order valence-corrected chi connectivity index (χ0v) is 11.7. The summed E-state index contributed by atoms with van der Waals surface area (Å²) in [6.07, 6.45) is 1.19. The maximum absolute atomic E-state index is 10.1. The van der Waals surface area contributed by atoms with E-state index < -0.39 is 6.10 Å². The lowest BCUT2D eigenvalue weighted by Crippen LogP contribution is -2.13. The van der Waals surface area contributed by atoms with Gasteiger partial charge in [-0.25, -0.2) is 4.98 Å². The average Bonchev–Trinajstić information content (AvgIpc) is 2.38. The van der Waals surface area contributed by atoms with Crippen LogP contribution in [0.5, 0.6) is 0 Å². The topological polar surface area (TPSA) is 45.1 Å². The van der Waals surface area contributed by atoms with Crippen LogP contribution < -0.4 is 5.32 Å². The molecule has 18 heavy (non-hydrogen) atoms. The largest absolute Gasteiger partial charge is 0.387 e. The molecule has 0 bridgehead atoms. The molecule has 2 aromatic rings. The fraction of sp³-hybridized carbons (Fsp3) is 0.214. The summed E-state index contributed by atoms with van der Waals surface area (Å²) in [6, 6.07) is 11.6. The van der Waals surface area contributed by atoms with Crippen LogP contribution in [0.4, 0.5) is 5.82 Å². The van der Waals surface area contributed by atoms with Gasteiger partial charge in [0.25, 0.3) is 0 Å². The number of benzene rings is 1. The number of nitrogens with zero attached hydrogens (tertiary/aromatic N) is 1. The number of aliphatic hydroxyl groups excluding tert-OH is 1. The number of halogens is 1. The number of pyridine rings is 1. The smallest absolute Gasteiger partial charge is 0.126 e. The monoisotopic (exact) mass is 306 g/mol. The summed E-state index contributed by atoms with van der Waals surface area (Å²) in [5, 5.41) is 13.2. The molecule has 2 N–H and O–H groups in total. The van der Waals surface area contributed by atoms with E-state index in [1.165, 1.54) is 0 Å². The first-order valence-electron chi connectivity index (χ1n) is 5.76. The normalized spacial score (nSPS) is 12.2. The molecule has 2 rings (SSSR count). The summed E-state index contributed by atoms with van der Waals surface area (Å²) in [5.41, 5.74) is 2.04. The third kappa shape index (κ3) is 3.31. The highest BCUT2D eigenvalue weighted by Crippen LogP contribution is 2.18. The van der Waals surface area contributed by atoms with E-state index in [1.54, 1.807) is 6.20 Å². The summed E-state index contributed by atoms with van der Waals surface area (Å²) in [5.74, 6) is 0.755. The van der Waals surface area contributed by atoms with Crippen molar-refractivity contribution in [1.29, 1.82) is 0 Å². The molecule has 94 valence electrons. The highest BCUT2D eigenvalue weighted by atomic mass is 79.9. The second-order valence-electron chi connectivity index (χ2n) is 4.11. The van der Waals surface area contributed by atoms with Crippen molar-refractivity contribution in [3.8, 4) is 0 Å². The number of hydrogen-bond acceptors (Lipinski definition) is 3. The quantitative estimate of drug-likeness (QED) is 0.911. The molecule has 0 aliphatic rings. The standard InChI is InChI=1S/C14H15BrN2O/c1-10-4-2-3-5-12(10)13(18)9-17-14-7-6-11(15)8-16-14/h2-8,13,18H,9H2,1H3,(H,16,17). The zero-order chi connectivity index (χ0) is 13.0. The van der Waals surface area contributed by atoms with Gasteiger partial charge in [0, 0.05) is 17.2 Å². The number of aryl methyl sites for hydroxylation is 1. The molecule has 0 spiro atoms. The molecule has 1 heterocycles. The fourth-order valence-electron chi connectivity index (χ4n) is 1.75. The first-order valence-corrected chi connectivity index (χ1v) is 6.55. The summed E-state index contributed by atoms with van der Waals surface area (Å²) >= 11 is 3.33. The SMILES string of the molecule is Cc1ccccc1C(O)CNc1ccc(Br)cn1. The number of hydrogen-bond donors (Lipinski definition) is 2. The molecule has 0 fully saturated rings. The maximum atomic E-state index is 10.1. The number of anilines is 1. The van der Waals surface area contributed by atoms with E-state index in [4.69, 9.17) is 0 Å². The van der Waals surface area contributed by atoms with E-state index in [0.717, 1.165) is 21.4 Å². The van der Waals surface area contributed by atoms with Crippen molar-refractivity contribution >= 4 is 21.7 Å². The molecule has 1 atom stereocenters. The van der Waals surface area contributed by atoms with E-state index in [1.807, 2.05) is 43.3 Å². The molecule has 0 saturated carbocycles. The molecular weight excluding hydrogens is 292 g/mol. The second-order valence-corrected chi connectivity index (χ2v) is 5.03. The minimum atomic E-state index is -0.531. The van der Waals surface area contributed by atoms with Crippen LogP contribution in [0.15, 0.2) is 47.1 Å². The average molecular weight is 307 g/mol. The molecule has 0 saturated heterocycles. The van der Waals surface area contributed by atoms with Crippen LogP contribution in [-0.4, -0.2) is 16.6 Å². The van der Waals surface area contributed by atoms with Gasteiger partial charge < -0.3 is 10.4 Å². The predicted octanol–water partition coefficient (Wildman–Crippen LogP) is 3.30. The lowest BCUT2D eigenvalue weighted by molar-refractivity contribution is 0.191. The molecule has 0 radical (unpaired) electrons. The summed E-state index contributed by atoms with van der Waals surface area (Å²) < 4.78 is 0.938. The van der Waals surface area contributed by atoms with Gasteiger partial charge in [-0.1, -0.05) is 24.3 Å². The van der Waals surface area contributed by atoms with Crippen LogP contribution in [0.25, 0.3) is 0 Å². The highest BCUT2D eigenvalue weighted by Gasteiger charge is 2.09. The fourth-order valence-corrected chi connectivity index (χ4v) is 1.99. The van der Waals surface area contributed by atoms with Crippen molar-refractivity contribution in [2.75, 3.05) is 11.9 Å². The first kappa shape index (κ1) is 13.1. The van der Waals surface area contributed by atoms with Crippen molar-refractivity contribution in [2.45, 2.75) is 13.0 Å². The molecule has 1 aromatic carbocycles. The Morgan fingerprint density at radius 1 is 1.28 bits per heavy atom. The van der Waals surface area contributed by atoms with Crippen LogP contribution in [0.2, 0.25) is 0 Å². The molecule has 3 nitrogen and oxygen atoms in total. The van der Waals surface area contributed by atoms with Gasteiger partial charge in [0.2, 0.25) is 0 Å². The van der Waals surface area contributed by atoms with Gasteiger partial charge >= 0.3 is 0 Å². The van der Waals surface area contributed by atoms with Crippen LogP contribution >= 0.6 is 15.9 Å². The maximum Gasteiger partial charge on any atom is 0.126 e. The van der Waals surface area contributed by atoms with E-state index in [9.17, 15) is 5.11 Å². The molecule has 0 aliphatic carbocycles. The van der Waals surface area contributed by atoms with Gasteiger partial charge in [-0.15, -0.1) is 0 Å². The van der Waals surface area contributed by atoms with Crippen LogP contribution in [0, 0.1) is 6.92 Å². The Morgan fingerprint density at radius 3 is 2.72 bits per heavy atom. The lowest BCUT2D eigenvalue weighted by atomic mass is 10.0. The van der Waals surface area contributed by atoms with Crippen LogP contribution in [0.1, 0.15) is 17.2 Å². The van der Waals surface area contributed by atoms with Gasteiger partial charge in [-0.05, 0) is 46.1 Å². The number of aliphatic hydroxyl groups is 1. The Kier molecular flexibility index (Phi) is 4.33. The minimum absolute atomic E-state index is 0.444. The molecule has 4 heteroatoms. The van der Waals surface area contributed by atoms with Crippen molar-refractivity contribution < 1.29 is 5.11 Å². The third-order valence-electron chi connectivity index (χ3n) is 2.75. The van der Waals surface area contributed by atoms with Gasteiger partial charge in [0.05, 0.1) is 6.10 Å². The molecule has 0 aliphatic heterocycles. The van der Waals surface area contributed by atoms with E-state index in [0.29, 0.717) is 6.54 Å². The minimum Gasteiger partial charge on any atom is -0.387 e. The van der Waals surface area contributed by atoms with E-state index in [2.05, 4.69) is 26.2 Å². The van der Waals surface area contributed by atoms with Gasteiger partial charge in [-0.2, -0.15) is 0 Å². The molecule has 0 amide bonds. The van der Waals surface area contributed by atoms with Crippen molar-refractivity contribution in [3.63, 3.8) is 0 Å². The van der Waals surface area contributed by atoms with Crippen LogP contribution in [-0.2, 0) is 0 Å². The second kappa shape index (κ2) is 5.98. The Morgan fingerprint density at radius 2 is 2.06 bits per heavy atom. The van der Waals surface area contributed by atoms with Gasteiger partial charge in [0.15, 0.2) is 0 Å². The summed E-state index contributed by atoms with van der Waals surface area (Å²) in [6.45, 7) is 2.44. The summed E-state index contributed by atoms with van der Waals surface area (Å²) in [7, 11) is 0. The predicted molar refractivity (Wildman–Crippen MR) is 76.6 cm³/mol. The van der Waals surface area contributed by atoms with Gasteiger partial charge in [0.1, 0.15) is 5.82 Å². The van der Waals surface area contributed by atoms with E-state index in [-0.39, 0.29) is 0 Å².